The average molecular weight is 321 g/mol. The second kappa shape index (κ2) is 6.13. The number of aryl methyl sites for hydroxylation is 2. The maximum Gasteiger partial charge on any atom is 0.343 e. The van der Waals surface area contributed by atoms with E-state index in [0.29, 0.717) is 16.4 Å². The number of halogens is 1. The zero-order valence-corrected chi connectivity index (χ0v) is 14.4. The molecule has 2 rings (SSSR count). The number of esters is 1. The maximum absolute atomic E-state index is 12.1. The number of carbonyl (C=O) groups excluding carboxylic acids is 1. The first-order valence-electron chi connectivity index (χ1n) is 7.16. The number of aromatic nitrogens is 2. The summed E-state index contributed by atoms with van der Waals surface area (Å²) < 4.78 is 6.80. The van der Waals surface area contributed by atoms with E-state index in [9.17, 15) is 4.79 Å². The van der Waals surface area contributed by atoms with E-state index in [1.807, 2.05) is 12.1 Å². The van der Waals surface area contributed by atoms with Crippen LogP contribution in [0.15, 0.2) is 24.3 Å². The molecule has 1 aromatic carbocycles. The van der Waals surface area contributed by atoms with Crippen LogP contribution in [0.2, 0.25) is 5.15 Å². The normalized spacial score (nSPS) is 11.5. The molecule has 0 spiro atoms. The summed E-state index contributed by atoms with van der Waals surface area (Å²) >= 11 is 6.06. The minimum atomic E-state index is -0.449. The van der Waals surface area contributed by atoms with Crippen molar-refractivity contribution in [3.05, 3.63) is 51.8 Å². The molecule has 2 aromatic rings. The molecule has 0 bridgehead atoms. The fourth-order valence-corrected chi connectivity index (χ4v) is 2.44. The number of benzene rings is 1. The molecule has 118 valence electrons. The lowest BCUT2D eigenvalue weighted by Crippen LogP contribution is -2.11. The van der Waals surface area contributed by atoms with Gasteiger partial charge in [0.2, 0.25) is 0 Å². The molecule has 1 heterocycles. The minimum absolute atomic E-state index is 0.107. The van der Waals surface area contributed by atoms with Crippen LogP contribution in [0.25, 0.3) is 0 Å². The van der Waals surface area contributed by atoms with E-state index in [4.69, 9.17) is 16.3 Å². The molecule has 0 aliphatic heterocycles. The van der Waals surface area contributed by atoms with E-state index in [1.165, 1.54) is 10.2 Å². The van der Waals surface area contributed by atoms with Crippen LogP contribution in [-0.4, -0.2) is 15.7 Å². The molecule has 0 aliphatic carbocycles. The van der Waals surface area contributed by atoms with Crippen molar-refractivity contribution < 1.29 is 9.53 Å². The van der Waals surface area contributed by atoms with Crippen molar-refractivity contribution in [3.8, 4) is 0 Å². The molecule has 0 saturated carbocycles. The summed E-state index contributed by atoms with van der Waals surface area (Å²) in [5.41, 5.74) is 3.19. The van der Waals surface area contributed by atoms with Crippen LogP contribution < -0.4 is 0 Å². The highest BCUT2D eigenvalue weighted by molar-refractivity contribution is 6.32. The Morgan fingerprint density at radius 1 is 1.27 bits per heavy atom. The topological polar surface area (TPSA) is 44.1 Å². The summed E-state index contributed by atoms with van der Waals surface area (Å²) in [6, 6.07) is 8.08. The molecule has 5 heteroatoms. The molecule has 22 heavy (non-hydrogen) atoms. The Hall–Kier alpha value is -1.81. The van der Waals surface area contributed by atoms with E-state index >= 15 is 0 Å². The monoisotopic (exact) mass is 320 g/mol. The third-order valence-corrected chi connectivity index (χ3v) is 3.98. The van der Waals surface area contributed by atoms with Gasteiger partial charge >= 0.3 is 5.97 Å². The first kappa shape index (κ1) is 16.6. The number of carbonyl (C=O) groups is 1. The molecule has 0 aliphatic rings. The van der Waals surface area contributed by atoms with Crippen LogP contribution in [0, 0.1) is 6.92 Å². The van der Waals surface area contributed by atoms with Gasteiger partial charge in [0.1, 0.15) is 17.3 Å². The van der Waals surface area contributed by atoms with Crippen LogP contribution in [0.1, 0.15) is 48.0 Å². The lowest BCUT2D eigenvalue weighted by atomic mass is 9.87. The SMILES string of the molecule is Cc1nn(C)c(Cl)c1C(=O)OCc1ccc(C(C)(C)C)cc1. The van der Waals surface area contributed by atoms with Crippen molar-refractivity contribution in [2.45, 2.75) is 39.7 Å². The summed E-state index contributed by atoms with van der Waals surface area (Å²) in [5, 5.41) is 4.41. The van der Waals surface area contributed by atoms with Gasteiger partial charge in [0.25, 0.3) is 0 Å². The van der Waals surface area contributed by atoms with Gasteiger partial charge in [-0.1, -0.05) is 56.6 Å². The molecule has 4 nitrogen and oxygen atoms in total. The van der Waals surface area contributed by atoms with E-state index < -0.39 is 5.97 Å². The number of ether oxygens (including phenoxy) is 1. The van der Waals surface area contributed by atoms with Gasteiger partial charge in [-0.15, -0.1) is 0 Å². The minimum Gasteiger partial charge on any atom is -0.457 e. The summed E-state index contributed by atoms with van der Waals surface area (Å²) in [5.74, 6) is -0.449. The predicted octanol–water partition coefficient (Wildman–Crippen LogP) is 4.04. The van der Waals surface area contributed by atoms with Crippen molar-refractivity contribution >= 4 is 17.6 Å². The molecule has 0 saturated heterocycles. The zero-order valence-electron chi connectivity index (χ0n) is 13.6. The molecule has 0 radical (unpaired) electrons. The first-order chi connectivity index (χ1) is 10.2. The zero-order chi connectivity index (χ0) is 16.5. The molecule has 1 aromatic heterocycles. The van der Waals surface area contributed by atoms with Crippen LogP contribution in [0.3, 0.4) is 0 Å². The fraction of sp³-hybridized carbons (Fsp3) is 0.412. The molecule has 0 fully saturated rings. The predicted molar refractivity (Wildman–Crippen MR) is 87.2 cm³/mol. The Labute approximate surface area is 136 Å². The van der Waals surface area contributed by atoms with Gasteiger partial charge in [-0.3, -0.25) is 4.68 Å². The summed E-state index contributed by atoms with van der Waals surface area (Å²) in [6.07, 6.45) is 0. The molecular weight excluding hydrogens is 300 g/mol. The van der Waals surface area contributed by atoms with Crippen molar-refractivity contribution in [1.29, 1.82) is 0 Å². The Morgan fingerprint density at radius 2 is 1.86 bits per heavy atom. The molecular formula is C17H21ClN2O2. The van der Waals surface area contributed by atoms with Gasteiger partial charge in [0, 0.05) is 7.05 Å². The number of nitrogens with zero attached hydrogens (tertiary/aromatic N) is 2. The Balaban J connectivity index is 2.05. The summed E-state index contributed by atoms with van der Waals surface area (Å²) in [4.78, 5) is 12.1. The fourth-order valence-electron chi connectivity index (χ4n) is 2.18. The highest BCUT2D eigenvalue weighted by Gasteiger charge is 2.20. The van der Waals surface area contributed by atoms with Crippen molar-refractivity contribution in [2.75, 3.05) is 0 Å². The van der Waals surface area contributed by atoms with Crippen molar-refractivity contribution in [1.82, 2.24) is 9.78 Å². The van der Waals surface area contributed by atoms with Gasteiger partial charge in [0.05, 0.1) is 5.69 Å². The quantitative estimate of drug-likeness (QED) is 0.802. The number of hydrogen-bond acceptors (Lipinski definition) is 3. The largest absolute Gasteiger partial charge is 0.457 e. The van der Waals surface area contributed by atoms with Gasteiger partial charge in [-0.2, -0.15) is 5.10 Å². The second-order valence-electron chi connectivity index (χ2n) is 6.40. The third kappa shape index (κ3) is 3.50. The lowest BCUT2D eigenvalue weighted by molar-refractivity contribution is 0.0472. The Morgan fingerprint density at radius 3 is 2.32 bits per heavy atom. The van der Waals surface area contributed by atoms with Crippen LogP contribution in [0.4, 0.5) is 0 Å². The highest BCUT2D eigenvalue weighted by atomic mass is 35.5. The van der Waals surface area contributed by atoms with E-state index in [1.54, 1.807) is 14.0 Å². The van der Waals surface area contributed by atoms with Gasteiger partial charge < -0.3 is 4.74 Å². The Bertz CT molecular complexity index is 682. The number of rotatable bonds is 3. The Kier molecular flexibility index (Phi) is 4.61. The molecule has 0 unspecified atom stereocenters. The lowest BCUT2D eigenvalue weighted by Gasteiger charge is -2.19. The van der Waals surface area contributed by atoms with Crippen molar-refractivity contribution in [2.24, 2.45) is 7.05 Å². The van der Waals surface area contributed by atoms with Gasteiger partial charge in [-0.25, -0.2) is 4.79 Å². The van der Waals surface area contributed by atoms with Crippen molar-refractivity contribution in [3.63, 3.8) is 0 Å². The maximum atomic E-state index is 12.1. The smallest absolute Gasteiger partial charge is 0.343 e. The van der Waals surface area contributed by atoms with E-state index in [0.717, 1.165) is 5.56 Å². The second-order valence-corrected chi connectivity index (χ2v) is 6.76. The van der Waals surface area contributed by atoms with E-state index in [-0.39, 0.29) is 12.0 Å². The third-order valence-electron chi connectivity index (χ3n) is 3.55. The summed E-state index contributed by atoms with van der Waals surface area (Å²) in [6.45, 7) is 8.44. The average Bonchev–Trinajstić information content (AvgIpc) is 2.69. The van der Waals surface area contributed by atoms with Gasteiger partial charge in [-0.05, 0) is 23.5 Å². The van der Waals surface area contributed by atoms with Crippen LogP contribution >= 0.6 is 11.6 Å². The van der Waals surface area contributed by atoms with Crippen LogP contribution in [-0.2, 0) is 23.8 Å². The standard InChI is InChI=1S/C17H21ClN2O2/c1-11-14(15(18)20(5)19-11)16(21)22-10-12-6-8-13(9-7-12)17(2,3)4/h6-9H,10H2,1-5H3. The highest BCUT2D eigenvalue weighted by Crippen LogP contribution is 2.23. The van der Waals surface area contributed by atoms with Gasteiger partial charge in [0.15, 0.2) is 0 Å². The van der Waals surface area contributed by atoms with Crippen LogP contribution in [0.5, 0.6) is 0 Å². The number of hydrogen-bond donors (Lipinski definition) is 0. The first-order valence-corrected chi connectivity index (χ1v) is 7.53. The molecule has 0 atom stereocenters. The summed E-state index contributed by atoms with van der Waals surface area (Å²) in [7, 11) is 1.69. The van der Waals surface area contributed by atoms with E-state index in [2.05, 4.69) is 38.0 Å². The molecule has 0 amide bonds. The molecule has 0 N–H and O–H groups in total.